The Labute approximate surface area is 78.1 Å². The highest BCUT2D eigenvalue weighted by molar-refractivity contribution is 4.80. The van der Waals surface area contributed by atoms with Crippen molar-refractivity contribution in [1.82, 2.24) is 0 Å². The van der Waals surface area contributed by atoms with Crippen LogP contribution in [-0.2, 0) is 0 Å². The molecule has 0 nitrogen and oxygen atoms in total. The third kappa shape index (κ3) is 9.74. The molecule has 12 heavy (non-hydrogen) atoms. The highest BCUT2D eigenvalue weighted by Crippen LogP contribution is 2.05. The zero-order valence-electron chi connectivity index (χ0n) is 8.81. The lowest BCUT2D eigenvalue weighted by molar-refractivity contribution is 0.637. The van der Waals surface area contributed by atoms with Gasteiger partial charge in [0.05, 0.1) is 0 Å². The Hall–Kier alpha value is -0.260. The molecule has 0 heterocycles. The molecule has 0 aliphatic carbocycles. The van der Waals surface area contributed by atoms with Crippen molar-refractivity contribution in [2.45, 2.75) is 65.2 Å². The van der Waals surface area contributed by atoms with Crippen LogP contribution >= 0.6 is 0 Å². The van der Waals surface area contributed by atoms with Crippen LogP contribution in [0.3, 0.4) is 0 Å². The summed E-state index contributed by atoms with van der Waals surface area (Å²) in [5.74, 6) is 0. The van der Waals surface area contributed by atoms with E-state index in [9.17, 15) is 0 Å². The van der Waals surface area contributed by atoms with Crippen molar-refractivity contribution in [3.8, 4) is 0 Å². The summed E-state index contributed by atoms with van der Waals surface area (Å²) < 4.78 is 0. The average molecular weight is 168 g/mol. The summed E-state index contributed by atoms with van der Waals surface area (Å²) in [5.41, 5.74) is 0. The predicted octanol–water partition coefficient (Wildman–Crippen LogP) is 4.70. The van der Waals surface area contributed by atoms with Crippen molar-refractivity contribution in [2.24, 2.45) is 0 Å². The molecular weight excluding hydrogens is 144 g/mol. The molecule has 0 saturated carbocycles. The maximum absolute atomic E-state index is 2.34. The fourth-order valence-corrected chi connectivity index (χ4v) is 1.27. The molecule has 0 atom stereocenters. The molecule has 0 heteroatoms. The van der Waals surface area contributed by atoms with Gasteiger partial charge in [0.25, 0.3) is 0 Å². The molecule has 72 valence electrons. The summed E-state index contributed by atoms with van der Waals surface area (Å²) >= 11 is 0. The second-order valence-electron chi connectivity index (χ2n) is 3.46. The first-order chi connectivity index (χ1) is 5.91. The van der Waals surface area contributed by atoms with E-state index in [1.807, 2.05) is 0 Å². The van der Waals surface area contributed by atoms with Gasteiger partial charge in [0.1, 0.15) is 0 Å². The maximum Gasteiger partial charge on any atom is -0.0351 e. The van der Waals surface area contributed by atoms with Gasteiger partial charge >= 0.3 is 0 Å². The van der Waals surface area contributed by atoms with Gasteiger partial charge in [-0.15, -0.1) is 0 Å². The SMILES string of the molecule is CCC/C=C\CCCCCCC. The van der Waals surface area contributed by atoms with E-state index < -0.39 is 0 Å². The summed E-state index contributed by atoms with van der Waals surface area (Å²) in [5, 5.41) is 0. The topological polar surface area (TPSA) is 0 Å². The third-order valence-corrected chi connectivity index (χ3v) is 2.10. The van der Waals surface area contributed by atoms with E-state index in [1.54, 1.807) is 0 Å². The number of hydrogen-bond donors (Lipinski definition) is 0. The molecule has 0 aliphatic heterocycles. The molecule has 0 bridgehead atoms. The predicted molar refractivity (Wildman–Crippen MR) is 57.4 cm³/mol. The lowest BCUT2D eigenvalue weighted by atomic mass is 10.1. The van der Waals surface area contributed by atoms with Gasteiger partial charge < -0.3 is 0 Å². The van der Waals surface area contributed by atoms with Crippen molar-refractivity contribution < 1.29 is 0 Å². The largest absolute Gasteiger partial charge is 0.0885 e. The summed E-state index contributed by atoms with van der Waals surface area (Å²) in [6.45, 7) is 4.49. The Morgan fingerprint density at radius 3 is 2.00 bits per heavy atom. The molecule has 0 amide bonds. The van der Waals surface area contributed by atoms with Crippen LogP contribution in [0.2, 0.25) is 0 Å². The second-order valence-corrected chi connectivity index (χ2v) is 3.46. The Bertz CT molecular complexity index is 92.2. The van der Waals surface area contributed by atoms with Crippen LogP contribution < -0.4 is 0 Å². The summed E-state index contributed by atoms with van der Waals surface area (Å²) in [7, 11) is 0. The monoisotopic (exact) mass is 168 g/mol. The van der Waals surface area contributed by atoms with E-state index in [-0.39, 0.29) is 0 Å². The van der Waals surface area contributed by atoms with E-state index in [4.69, 9.17) is 0 Å². The minimum Gasteiger partial charge on any atom is -0.0885 e. The van der Waals surface area contributed by atoms with Crippen molar-refractivity contribution in [2.75, 3.05) is 0 Å². The van der Waals surface area contributed by atoms with Crippen LogP contribution in [0.4, 0.5) is 0 Å². The van der Waals surface area contributed by atoms with Gasteiger partial charge in [-0.05, 0) is 19.3 Å². The number of allylic oxidation sites excluding steroid dienone is 2. The molecule has 0 aromatic rings. The number of unbranched alkanes of at least 4 members (excludes halogenated alkanes) is 6. The molecule has 0 unspecified atom stereocenters. The Balaban J connectivity index is 2.90. The lowest BCUT2D eigenvalue weighted by Crippen LogP contribution is -1.75. The first-order valence-electron chi connectivity index (χ1n) is 5.56. The van der Waals surface area contributed by atoms with Crippen LogP contribution in [0.15, 0.2) is 12.2 Å². The normalized spacial score (nSPS) is 11.2. The fraction of sp³-hybridized carbons (Fsp3) is 0.833. The Morgan fingerprint density at radius 2 is 1.33 bits per heavy atom. The molecular formula is C12H24. The van der Waals surface area contributed by atoms with Crippen LogP contribution in [0.1, 0.15) is 65.2 Å². The molecule has 0 rings (SSSR count). The second kappa shape index (κ2) is 10.7. The van der Waals surface area contributed by atoms with E-state index in [0.29, 0.717) is 0 Å². The average Bonchev–Trinajstić information content (AvgIpc) is 2.10. The van der Waals surface area contributed by atoms with E-state index in [0.717, 1.165) is 0 Å². The summed E-state index contributed by atoms with van der Waals surface area (Å²) in [6, 6.07) is 0. The van der Waals surface area contributed by atoms with Gasteiger partial charge in [-0.25, -0.2) is 0 Å². The van der Waals surface area contributed by atoms with Crippen LogP contribution in [0, 0.1) is 0 Å². The van der Waals surface area contributed by atoms with Gasteiger partial charge in [0.15, 0.2) is 0 Å². The molecule has 0 N–H and O–H groups in total. The van der Waals surface area contributed by atoms with Crippen LogP contribution in [-0.4, -0.2) is 0 Å². The third-order valence-electron chi connectivity index (χ3n) is 2.10. The van der Waals surface area contributed by atoms with Gasteiger partial charge in [-0.3, -0.25) is 0 Å². The van der Waals surface area contributed by atoms with E-state index in [2.05, 4.69) is 26.0 Å². The van der Waals surface area contributed by atoms with Gasteiger partial charge in [0, 0.05) is 0 Å². The minimum atomic E-state index is 1.26. The smallest absolute Gasteiger partial charge is 0.0351 e. The van der Waals surface area contributed by atoms with Crippen LogP contribution in [0.25, 0.3) is 0 Å². The van der Waals surface area contributed by atoms with Crippen molar-refractivity contribution in [3.05, 3.63) is 12.2 Å². The highest BCUT2D eigenvalue weighted by Gasteiger charge is 1.85. The molecule has 0 aromatic heterocycles. The van der Waals surface area contributed by atoms with Crippen molar-refractivity contribution in [1.29, 1.82) is 0 Å². The van der Waals surface area contributed by atoms with Gasteiger partial charge in [-0.1, -0.05) is 58.1 Å². The lowest BCUT2D eigenvalue weighted by Gasteiger charge is -1.95. The maximum atomic E-state index is 2.34. The van der Waals surface area contributed by atoms with Crippen LogP contribution in [0.5, 0.6) is 0 Å². The zero-order chi connectivity index (χ0) is 9.07. The van der Waals surface area contributed by atoms with Gasteiger partial charge in [0.2, 0.25) is 0 Å². The zero-order valence-corrected chi connectivity index (χ0v) is 8.81. The van der Waals surface area contributed by atoms with E-state index in [1.165, 1.54) is 51.4 Å². The number of rotatable bonds is 8. The molecule has 0 radical (unpaired) electrons. The Morgan fingerprint density at radius 1 is 0.667 bits per heavy atom. The quantitative estimate of drug-likeness (QED) is 0.364. The number of hydrogen-bond acceptors (Lipinski definition) is 0. The van der Waals surface area contributed by atoms with Crippen molar-refractivity contribution >= 4 is 0 Å². The summed E-state index contributed by atoms with van der Waals surface area (Å²) in [6.07, 6.45) is 15.5. The first kappa shape index (κ1) is 11.7. The molecule has 0 aliphatic rings. The van der Waals surface area contributed by atoms with E-state index >= 15 is 0 Å². The molecule has 0 spiro atoms. The standard InChI is InChI=1S/C12H24/c1-3-5-7-9-11-12-10-8-6-4-2/h7,9H,3-6,8,10-12H2,1-2H3/b9-7-. The Kier molecular flexibility index (Phi) is 10.5. The minimum absolute atomic E-state index is 1.26. The highest BCUT2D eigenvalue weighted by atomic mass is 13.9. The molecule has 0 saturated heterocycles. The fourth-order valence-electron chi connectivity index (χ4n) is 1.27. The van der Waals surface area contributed by atoms with Crippen molar-refractivity contribution in [3.63, 3.8) is 0 Å². The first-order valence-corrected chi connectivity index (χ1v) is 5.56. The summed E-state index contributed by atoms with van der Waals surface area (Å²) in [4.78, 5) is 0. The molecule has 0 aromatic carbocycles. The van der Waals surface area contributed by atoms with Gasteiger partial charge in [-0.2, -0.15) is 0 Å². The molecule has 0 fully saturated rings.